The summed E-state index contributed by atoms with van der Waals surface area (Å²) in [4.78, 5) is 6.06. The molecule has 0 aliphatic heterocycles. The number of hydrogen-bond acceptors (Lipinski definition) is 4. The molecular formula is C18H15BrN2O2S2. The molecule has 4 nitrogen and oxygen atoms in total. The van der Waals surface area contributed by atoms with E-state index < -0.39 is 9.84 Å². The normalized spacial score (nSPS) is 12.3. The maximum Gasteiger partial charge on any atom is 0.195 e. The average molecular weight is 435 g/mol. The zero-order valence-electron chi connectivity index (χ0n) is 13.7. The van der Waals surface area contributed by atoms with Crippen molar-refractivity contribution in [1.82, 2.24) is 9.38 Å². The molecule has 0 N–H and O–H groups in total. The minimum Gasteiger partial charge on any atom is -0.287 e. The van der Waals surface area contributed by atoms with E-state index in [9.17, 15) is 8.42 Å². The van der Waals surface area contributed by atoms with E-state index in [1.54, 1.807) is 12.1 Å². The van der Waals surface area contributed by atoms with Crippen LogP contribution in [0.15, 0.2) is 51.8 Å². The van der Waals surface area contributed by atoms with Gasteiger partial charge < -0.3 is 0 Å². The fourth-order valence-corrected chi connectivity index (χ4v) is 5.07. The second-order valence-corrected chi connectivity index (χ2v) is 9.83. The number of nitrogens with zero attached hydrogens (tertiary/aromatic N) is 2. The number of benzene rings is 2. The van der Waals surface area contributed by atoms with Gasteiger partial charge in [0.15, 0.2) is 14.8 Å². The van der Waals surface area contributed by atoms with Crippen LogP contribution in [0.25, 0.3) is 26.4 Å². The van der Waals surface area contributed by atoms with Crippen LogP contribution in [0, 0.1) is 0 Å². The highest BCUT2D eigenvalue weighted by atomic mass is 79.9. The zero-order valence-corrected chi connectivity index (χ0v) is 16.9. The van der Waals surface area contributed by atoms with Crippen molar-refractivity contribution < 1.29 is 8.42 Å². The summed E-state index contributed by atoms with van der Waals surface area (Å²) in [6.07, 6.45) is 2.07. The minimum atomic E-state index is -3.21. The van der Waals surface area contributed by atoms with Gasteiger partial charge in [0, 0.05) is 16.3 Å². The molecule has 0 fully saturated rings. The fraction of sp³-hybridized carbons (Fsp3) is 0.167. The van der Waals surface area contributed by atoms with Gasteiger partial charge in [-0.1, -0.05) is 46.3 Å². The van der Waals surface area contributed by atoms with E-state index >= 15 is 0 Å². The number of hydrogen-bond donors (Lipinski definition) is 0. The number of rotatable bonds is 3. The number of fused-ring (bicyclic) bond motifs is 3. The molecule has 0 spiro atoms. The molecule has 0 aliphatic carbocycles. The summed E-state index contributed by atoms with van der Waals surface area (Å²) in [7, 11) is -3.21. The van der Waals surface area contributed by atoms with Crippen LogP contribution < -0.4 is 0 Å². The highest BCUT2D eigenvalue weighted by Gasteiger charge is 2.18. The smallest absolute Gasteiger partial charge is 0.195 e. The van der Waals surface area contributed by atoms with Gasteiger partial charge in [0.2, 0.25) is 0 Å². The number of imidazole rings is 1. The SMILES string of the molecule is CCc1c(-c2ccc(Br)cc2)nc2sc3cc(S(C)(=O)=O)ccc3n12. The van der Waals surface area contributed by atoms with E-state index in [1.807, 2.05) is 18.2 Å². The standard InChI is InChI=1S/C18H15BrN2O2S2/c1-3-14-17(11-4-6-12(19)7-5-11)20-18-21(14)15-9-8-13(25(2,22)23)10-16(15)24-18/h4-10H,3H2,1-2H3. The van der Waals surface area contributed by atoms with Crippen LogP contribution in [0.4, 0.5) is 0 Å². The molecule has 2 aromatic carbocycles. The van der Waals surface area contributed by atoms with E-state index in [2.05, 4.69) is 39.4 Å². The van der Waals surface area contributed by atoms with Gasteiger partial charge in [-0.2, -0.15) is 0 Å². The van der Waals surface area contributed by atoms with Gasteiger partial charge in [-0.3, -0.25) is 4.40 Å². The summed E-state index contributed by atoms with van der Waals surface area (Å²) in [5.41, 5.74) is 4.20. The molecule has 0 atom stereocenters. The predicted molar refractivity (Wildman–Crippen MR) is 106 cm³/mol. The first-order valence-corrected chi connectivity index (χ1v) is 11.3. The van der Waals surface area contributed by atoms with Crippen LogP contribution in [0.3, 0.4) is 0 Å². The number of thiazole rings is 1. The van der Waals surface area contributed by atoms with Crippen molar-refractivity contribution in [2.24, 2.45) is 0 Å². The third-order valence-corrected chi connectivity index (χ3v) is 6.84. The number of halogens is 1. The Morgan fingerprint density at radius 1 is 1.16 bits per heavy atom. The Morgan fingerprint density at radius 3 is 2.52 bits per heavy atom. The quantitative estimate of drug-likeness (QED) is 0.458. The molecule has 2 heterocycles. The van der Waals surface area contributed by atoms with Gasteiger partial charge in [-0.15, -0.1) is 0 Å². The van der Waals surface area contributed by atoms with Crippen LogP contribution >= 0.6 is 27.3 Å². The van der Waals surface area contributed by atoms with Crippen molar-refractivity contribution in [2.45, 2.75) is 18.2 Å². The number of aromatic nitrogens is 2. The highest BCUT2D eigenvalue weighted by Crippen LogP contribution is 2.34. The Morgan fingerprint density at radius 2 is 1.88 bits per heavy atom. The molecular weight excluding hydrogens is 420 g/mol. The maximum absolute atomic E-state index is 11.8. The summed E-state index contributed by atoms with van der Waals surface area (Å²) < 4.78 is 27.7. The van der Waals surface area contributed by atoms with Crippen molar-refractivity contribution in [2.75, 3.05) is 6.26 Å². The van der Waals surface area contributed by atoms with E-state index in [0.717, 1.165) is 43.0 Å². The van der Waals surface area contributed by atoms with Crippen molar-refractivity contribution in [3.05, 3.63) is 52.6 Å². The lowest BCUT2D eigenvalue weighted by Crippen LogP contribution is -1.97. The van der Waals surface area contributed by atoms with Crippen LogP contribution in [-0.2, 0) is 16.3 Å². The van der Waals surface area contributed by atoms with E-state index in [0.29, 0.717) is 4.90 Å². The monoisotopic (exact) mass is 434 g/mol. The molecule has 0 radical (unpaired) electrons. The summed E-state index contributed by atoms with van der Waals surface area (Å²) in [6, 6.07) is 13.4. The van der Waals surface area contributed by atoms with Crippen molar-refractivity contribution >= 4 is 52.3 Å². The Balaban J connectivity index is 1.98. The third kappa shape index (κ3) is 2.80. The van der Waals surface area contributed by atoms with Gasteiger partial charge in [0.05, 0.1) is 26.5 Å². The van der Waals surface area contributed by atoms with Crippen molar-refractivity contribution in [3.8, 4) is 11.3 Å². The first-order valence-electron chi connectivity index (χ1n) is 7.78. The van der Waals surface area contributed by atoms with E-state index in [1.165, 1.54) is 17.6 Å². The van der Waals surface area contributed by atoms with Gasteiger partial charge in [0.1, 0.15) is 0 Å². The highest BCUT2D eigenvalue weighted by molar-refractivity contribution is 9.10. The molecule has 0 amide bonds. The van der Waals surface area contributed by atoms with Gasteiger partial charge >= 0.3 is 0 Å². The number of sulfone groups is 1. The summed E-state index contributed by atoms with van der Waals surface area (Å²) in [6.45, 7) is 2.11. The Labute approximate surface area is 158 Å². The molecule has 0 unspecified atom stereocenters. The molecule has 0 saturated heterocycles. The first kappa shape index (κ1) is 16.8. The molecule has 2 aromatic heterocycles. The van der Waals surface area contributed by atoms with E-state index in [-0.39, 0.29) is 0 Å². The summed E-state index contributed by atoms with van der Waals surface area (Å²) in [5, 5.41) is 0. The summed E-state index contributed by atoms with van der Waals surface area (Å²) in [5.74, 6) is 0. The average Bonchev–Trinajstić information content (AvgIpc) is 3.09. The van der Waals surface area contributed by atoms with Crippen LogP contribution in [0.5, 0.6) is 0 Å². The van der Waals surface area contributed by atoms with E-state index in [4.69, 9.17) is 4.98 Å². The Bertz CT molecular complexity index is 1210. The zero-order chi connectivity index (χ0) is 17.8. The predicted octanol–water partition coefficient (Wildman–Crippen LogP) is 4.94. The molecule has 0 saturated carbocycles. The molecule has 4 rings (SSSR count). The van der Waals surface area contributed by atoms with Crippen LogP contribution in [0.2, 0.25) is 0 Å². The molecule has 128 valence electrons. The topological polar surface area (TPSA) is 51.4 Å². The van der Waals surface area contributed by atoms with Gasteiger partial charge in [-0.25, -0.2) is 13.4 Å². The van der Waals surface area contributed by atoms with Crippen molar-refractivity contribution in [1.29, 1.82) is 0 Å². The van der Waals surface area contributed by atoms with Gasteiger partial charge in [-0.05, 0) is 36.8 Å². The Hall–Kier alpha value is -1.70. The molecule has 25 heavy (non-hydrogen) atoms. The summed E-state index contributed by atoms with van der Waals surface area (Å²) >= 11 is 4.98. The van der Waals surface area contributed by atoms with Crippen molar-refractivity contribution in [3.63, 3.8) is 0 Å². The molecule has 0 bridgehead atoms. The molecule has 4 aromatic rings. The fourth-order valence-electron chi connectivity index (χ4n) is 3.00. The lowest BCUT2D eigenvalue weighted by atomic mass is 10.1. The van der Waals surface area contributed by atoms with Crippen LogP contribution in [-0.4, -0.2) is 24.1 Å². The largest absolute Gasteiger partial charge is 0.287 e. The molecule has 0 aliphatic rings. The van der Waals surface area contributed by atoms with Gasteiger partial charge in [0.25, 0.3) is 0 Å². The number of aryl methyl sites for hydroxylation is 1. The van der Waals surface area contributed by atoms with Crippen LogP contribution in [0.1, 0.15) is 12.6 Å². The minimum absolute atomic E-state index is 0.343. The maximum atomic E-state index is 11.8. The first-order chi connectivity index (χ1) is 11.9. The lowest BCUT2D eigenvalue weighted by Gasteiger charge is -2.04. The Kier molecular flexibility index (Phi) is 3.97. The molecule has 7 heteroatoms. The third-order valence-electron chi connectivity index (χ3n) is 4.20. The second-order valence-electron chi connectivity index (χ2n) is 5.89. The lowest BCUT2D eigenvalue weighted by molar-refractivity contribution is 0.602. The second kappa shape index (κ2) is 5.93.